The number of hydrogen-bond acceptors (Lipinski definition) is 2. The molecule has 3 aromatic rings. The zero-order valence-corrected chi connectivity index (χ0v) is 14.0. The smallest absolute Gasteiger partial charge is 0.281 e. The molecular weight excluding hydrogens is 296 g/mol. The second-order valence-corrected chi connectivity index (χ2v) is 6.65. The van der Waals surface area contributed by atoms with Gasteiger partial charge in [0, 0.05) is 6.54 Å². The Kier molecular flexibility index (Phi) is 3.57. The van der Waals surface area contributed by atoms with E-state index in [1.54, 1.807) is 0 Å². The van der Waals surface area contributed by atoms with Gasteiger partial charge in [0.1, 0.15) is 5.82 Å². The van der Waals surface area contributed by atoms with Gasteiger partial charge in [-0.1, -0.05) is 50.2 Å². The number of aryl methyl sites for hydroxylation is 1. The molecule has 0 atom stereocenters. The number of allylic oxidation sites excluding steroid dienone is 1. The maximum atomic E-state index is 12.3. The molecule has 0 N–H and O–H groups in total. The Labute approximate surface area is 141 Å². The van der Waals surface area contributed by atoms with E-state index < -0.39 is 0 Å². The van der Waals surface area contributed by atoms with E-state index in [9.17, 15) is 4.79 Å². The fourth-order valence-corrected chi connectivity index (χ4v) is 3.35. The van der Waals surface area contributed by atoms with Crippen LogP contribution in [0.5, 0.6) is 0 Å². The van der Waals surface area contributed by atoms with Crippen LogP contribution >= 0.6 is 0 Å². The number of rotatable bonds is 2. The van der Waals surface area contributed by atoms with Crippen LogP contribution in [0.2, 0.25) is 0 Å². The summed E-state index contributed by atoms with van der Waals surface area (Å²) in [4.78, 5) is 16.6. The quantitative estimate of drug-likeness (QED) is 0.699. The van der Waals surface area contributed by atoms with Gasteiger partial charge in [0.15, 0.2) is 0 Å². The number of benzene rings is 2. The Morgan fingerprint density at radius 2 is 1.83 bits per heavy atom. The van der Waals surface area contributed by atoms with Crippen LogP contribution in [0.15, 0.2) is 53.3 Å². The van der Waals surface area contributed by atoms with Crippen LogP contribution in [0.1, 0.15) is 43.1 Å². The highest BCUT2D eigenvalue weighted by Crippen LogP contribution is 2.29. The summed E-state index contributed by atoms with van der Waals surface area (Å²) in [6.07, 6.45) is 3.07. The Morgan fingerprint density at radius 1 is 1.08 bits per heavy atom. The van der Waals surface area contributed by atoms with Gasteiger partial charge in [0.25, 0.3) is 5.56 Å². The minimum absolute atomic E-state index is 0.139. The predicted octanol–water partition coefficient (Wildman–Crippen LogP) is 4.46. The molecule has 1 aromatic heterocycles. The van der Waals surface area contributed by atoms with E-state index in [0.29, 0.717) is 11.3 Å². The number of fused-ring (bicyclic) bond motifs is 3. The molecule has 4 rings (SSSR count). The summed E-state index contributed by atoms with van der Waals surface area (Å²) in [6.45, 7) is 5.27. The Bertz CT molecular complexity index is 995. The summed E-state index contributed by atoms with van der Waals surface area (Å²) < 4.78 is 2.16. The molecule has 24 heavy (non-hydrogen) atoms. The first kappa shape index (κ1) is 14.9. The number of hydrogen-bond donors (Lipinski definition) is 0. The maximum absolute atomic E-state index is 12.3. The third kappa shape index (κ3) is 2.46. The van der Waals surface area contributed by atoms with Crippen molar-refractivity contribution in [2.45, 2.75) is 32.7 Å². The van der Waals surface area contributed by atoms with Gasteiger partial charge in [-0.25, -0.2) is 0 Å². The fraction of sp³-hybridized carbons (Fsp3) is 0.238. The SMILES string of the molecule is CC(C)c1ccc(/C=C2\CCn3c2nc(=O)c2ccccc23)cc1. The van der Waals surface area contributed by atoms with E-state index in [-0.39, 0.29) is 5.56 Å². The molecule has 2 aromatic carbocycles. The molecule has 0 aliphatic carbocycles. The molecule has 1 aliphatic heterocycles. The Balaban J connectivity index is 1.80. The normalized spacial score (nSPS) is 15.4. The topological polar surface area (TPSA) is 34.9 Å². The van der Waals surface area contributed by atoms with Crippen LogP contribution < -0.4 is 5.56 Å². The summed E-state index contributed by atoms with van der Waals surface area (Å²) in [5.74, 6) is 1.34. The van der Waals surface area contributed by atoms with Crippen LogP contribution in [-0.4, -0.2) is 9.55 Å². The number of nitrogens with zero attached hydrogens (tertiary/aromatic N) is 2. The molecule has 0 fully saturated rings. The third-order valence-corrected chi connectivity index (χ3v) is 4.72. The lowest BCUT2D eigenvalue weighted by Crippen LogP contribution is -2.14. The van der Waals surface area contributed by atoms with E-state index in [1.165, 1.54) is 5.56 Å². The monoisotopic (exact) mass is 316 g/mol. The van der Waals surface area contributed by atoms with E-state index in [0.717, 1.165) is 35.4 Å². The minimum Gasteiger partial charge on any atom is -0.325 e. The van der Waals surface area contributed by atoms with Crippen molar-refractivity contribution >= 4 is 22.6 Å². The van der Waals surface area contributed by atoms with Gasteiger partial charge in [0.05, 0.1) is 10.9 Å². The lowest BCUT2D eigenvalue weighted by molar-refractivity contribution is 0.772. The van der Waals surface area contributed by atoms with E-state index >= 15 is 0 Å². The molecule has 0 radical (unpaired) electrons. The highest BCUT2D eigenvalue weighted by molar-refractivity contribution is 5.85. The van der Waals surface area contributed by atoms with Gasteiger partial charge in [-0.3, -0.25) is 4.79 Å². The van der Waals surface area contributed by atoms with Gasteiger partial charge in [-0.05, 0) is 47.2 Å². The van der Waals surface area contributed by atoms with Crippen LogP contribution in [0.4, 0.5) is 0 Å². The Hall–Kier alpha value is -2.68. The molecule has 0 unspecified atom stereocenters. The highest BCUT2D eigenvalue weighted by Gasteiger charge is 2.20. The summed E-state index contributed by atoms with van der Waals surface area (Å²) >= 11 is 0. The zero-order chi connectivity index (χ0) is 16.7. The van der Waals surface area contributed by atoms with Crippen molar-refractivity contribution in [2.24, 2.45) is 0 Å². The third-order valence-electron chi connectivity index (χ3n) is 4.72. The second kappa shape index (κ2) is 5.75. The molecule has 0 saturated heterocycles. The second-order valence-electron chi connectivity index (χ2n) is 6.65. The average Bonchev–Trinajstić information content (AvgIpc) is 2.98. The molecule has 3 nitrogen and oxygen atoms in total. The zero-order valence-electron chi connectivity index (χ0n) is 14.0. The van der Waals surface area contributed by atoms with Gasteiger partial charge in [0.2, 0.25) is 0 Å². The lowest BCUT2D eigenvalue weighted by Gasteiger charge is -2.08. The van der Waals surface area contributed by atoms with Crippen LogP contribution in [0, 0.1) is 0 Å². The summed E-state index contributed by atoms with van der Waals surface area (Å²) in [5, 5.41) is 0.698. The van der Waals surface area contributed by atoms with Crippen molar-refractivity contribution in [3.8, 4) is 0 Å². The predicted molar refractivity (Wildman–Crippen MR) is 99.0 cm³/mol. The first-order valence-electron chi connectivity index (χ1n) is 8.44. The molecule has 0 saturated carbocycles. The van der Waals surface area contributed by atoms with Crippen LogP contribution in [0.3, 0.4) is 0 Å². The van der Waals surface area contributed by atoms with E-state index in [4.69, 9.17) is 0 Å². The molecule has 2 heterocycles. The summed E-state index contributed by atoms with van der Waals surface area (Å²) in [6, 6.07) is 16.3. The molecule has 0 bridgehead atoms. The van der Waals surface area contributed by atoms with E-state index in [2.05, 4.69) is 53.7 Å². The molecule has 120 valence electrons. The molecule has 3 heteroatoms. The molecule has 1 aliphatic rings. The Morgan fingerprint density at radius 3 is 2.58 bits per heavy atom. The van der Waals surface area contributed by atoms with Crippen LogP contribution in [0.25, 0.3) is 22.6 Å². The van der Waals surface area contributed by atoms with Crippen molar-refractivity contribution < 1.29 is 0 Å². The number of aromatic nitrogens is 2. The van der Waals surface area contributed by atoms with Crippen molar-refractivity contribution in [1.29, 1.82) is 0 Å². The van der Waals surface area contributed by atoms with Crippen molar-refractivity contribution in [2.75, 3.05) is 0 Å². The summed E-state index contributed by atoms with van der Waals surface area (Å²) in [7, 11) is 0. The standard InChI is InChI=1S/C21H20N2O/c1-14(2)16-9-7-15(8-10-16)13-17-11-12-23-19-6-4-3-5-18(19)21(24)22-20(17)23/h3-10,13-14H,11-12H2,1-2H3/b17-13+. The van der Waals surface area contributed by atoms with Crippen LogP contribution in [-0.2, 0) is 6.54 Å². The first-order chi connectivity index (χ1) is 11.6. The largest absolute Gasteiger partial charge is 0.325 e. The first-order valence-corrected chi connectivity index (χ1v) is 8.44. The van der Waals surface area contributed by atoms with Gasteiger partial charge >= 0.3 is 0 Å². The fourth-order valence-electron chi connectivity index (χ4n) is 3.35. The van der Waals surface area contributed by atoms with Crippen molar-refractivity contribution in [3.05, 3.63) is 75.8 Å². The minimum atomic E-state index is -0.139. The lowest BCUT2D eigenvalue weighted by atomic mass is 10.0. The van der Waals surface area contributed by atoms with Gasteiger partial charge in [-0.2, -0.15) is 4.98 Å². The summed E-state index contributed by atoms with van der Waals surface area (Å²) in [5.41, 5.74) is 4.47. The van der Waals surface area contributed by atoms with E-state index in [1.807, 2.05) is 24.3 Å². The molecular formula is C21H20N2O. The highest BCUT2D eigenvalue weighted by atomic mass is 16.1. The molecule has 0 amide bonds. The van der Waals surface area contributed by atoms with Gasteiger partial charge < -0.3 is 4.57 Å². The van der Waals surface area contributed by atoms with Gasteiger partial charge in [-0.15, -0.1) is 0 Å². The maximum Gasteiger partial charge on any atom is 0.281 e. The molecule has 0 spiro atoms. The number of para-hydroxylation sites is 1. The van der Waals surface area contributed by atoms with Crippen molar-refractivity contribution in [1.82, 2.24) is 9.55 Å². The average molecular weight is 316 g/mol. The van der Waals surface area contributed by atoms with Crippen molar-refractivity contribution in [3.63, 3.8) is 0 Å².